The summed E-state index contributed by atoms with van der Waals surface area (Å²) in [6, 6.07) is 0. The van der Waals surface area contributed by atoms with Gasteiger partial charge >= 0.3 is 35.8 Å². The van der Waals surface area contributed by atoms with Crippen LogP contribution in [0.3, 0.4) is 0 Å². The van der Waals surface area contributed by atoms with Crippen molar-refractivity contribution in [3.63, 3.8) is 0 Å². The van der Waals surface area contributed by atoms with Crippen molar-refractivity contribution in [3.05, 3.63) is 0 Å². The maximum Gasteiger partial charge on any atom is 0.303 e. The van der Waals surface area contributed by atoms with Crippen LogP contribution < -0.4 is 0 Å². The van der Waals surface area contributed by atoms with E-state index in [-0.39, 0.29) is 11.5 Å². The molecule has 4 fully saturated rings. The Kier molecular flexibility index (Phi) is 23.3. The first kappa shape index (κ1) is 58.6. The van der Waals surface area contributed by atoms with Crippen LogP contribution in [0.4, 0.5) is 0 Å². The van der Waals surface area contributed by atoms with Gasteiger partial charge in [-0.25, -0.2) is 0 Å². The largest absolute Gasteiger partial charge is 0.463 e. The monoisotopic (exact) mass is 1040 g/mol. The minimum Gasteiger partial charge on any atom is -0.463 e. The molecule has 4 aliphatic heterocycles. The lowest BCUT2D eigenvalue weighted by molar-refractivity contribution is -0.339. The van der Waals surface area contributed by atoms with Gasteiger partial charge in [0.1, 0.15) is 97.3 Å². The highest BCUT2D eigenvalue weighted by Gasteiger charge is 2.56. The molecule has 0 amide bonds. The van der Waals surface area contributed by atoms with E-state index in [0.29, 0.717) is 0 Å². The van der Waals surface area contributed by atoms with Crippen molar-refractivity contribution in [1.82, 2.24) is 0 Å². The molecular formula is C42H58O26S2. The lowest BCUT2D eigenvalue weighted by Crippen LogP contribution is -2.65. The number of aliphatic hydroxyl groups excluding tert-OH is 8. The molecule has 4 saturated heterocycles. The van der Waals surface area contributed by atoms with Gasteiger partial charge < -0.3 is 97.7 Å². The Morgan fingerprint density at radius 1 is 0.429 bits per heavy atom. The van der Waals surface area contributed by atoms with E-state index in [0.717, 1.165) is 65.1 Å². The summed E-state index contributed by atoms with van der Waals surface area (Å²) in [6.45, 7) is 3.78. The molecule has 70 heavy (non-hydrogen) atoms. The summed E-state index contributed by atoms with van der Waals surface area (Å²) in [7, 11) is 0. The van der Waals surface area contributed by atoms with E-state index in [1.807, 2.05) is 0 Å². The van der Waals surface area contributed by atoms with Gasteiger partial charge in [-0.1, -0.05) is 11.8 Å². The molecule has 4 rings (SSSR count). The topological polar surface area (TPSA) is 375 Å². The summed E-state index contributed by atoms with van der Waals surface area (Å²) in [5.41, 5.74) is -2.39. The van der Waals surface area contributed by atoms with E-state index in [1.54, 1.807) is 0 Å². The average Bonchev–Trinajstić information content (AvgIpc) is 3.28. The third kappa shape index (κ3) is 16.3. The van der Waals surface area contributed by atoms with Gasteiger partial charge in [-0.3, -0.25) is 28.8 Å². The van der Waals surface area contributed by atoms with Crippen LogP contribution in [-0.4, -0.2) is 236 Å². The Labute approximate surface area is 409 Å². The summed E-state index contributed by atoms with van der Waals surface area (Å²) >= 11 is 1.89. The van der Waals surface area contributed by atoms with Crippen molar-refractivity contribution in [2.24, 2.45) is 0 Å². The molecule has 0 aromatic rings. The molecule has 0 spiro atoms. The van der Waals surface area contributed by atoms with Crippen molar-refractivity contribution in [1.29, 1.82) is 0 Å². The minimum atomic E-state index is -1.91. The fourth-order valence-electron chi connectivity index (χ4n) is 7.38. The predicted molar refractivity (Wildman–Crippen MR) is 231 cm³/mol. The van der Waals surface area contributed by atoms with Crippen molar-refractivity contribution in [3.8, 4) is 23.7 Å². The van der Waals surface area contributed by atoms with Gasteiger partial charge in [0.05, 0.1) is 24.7 Å². The third-order valence-corrected chi connectivity index (χ3v) is 12.5. The normalized spacial score (nSPS) is 37.2. The molecule has 0 aromatic heterocycles. The second-order valence-electron chi connectivity index (χ2n) is 15.8. The smallest absolute Gasteiger partial charge is 0.303 e. The molecule has 0 bridgehead atoms. The molecule has 0 radical (unpaired) electrons. The number of rotatable bonds is 18. The first-order chi connectivity index (χ1) is 33.1. The van der Waals surface area contributed by atoms with Crippen LogP contribution in [0, 0.1) is 23.7 Å². The van der Waals surface area contributed by atoms with Gasteiger partial charge in [0.25, 0.3) is 0 Å². The number of hydrogen-bond acceptors (Lipinski definition) is 28. The summed E-state index contributed by atoms with van der Waals surface area (Å²) in [6.07, 6.45) is -29.0. The molecule has 0 unspecified atom stereocenters. The molecule has 20 atom stereocenters. The number of thioether (sulfide) groups is 2. The van der Waals surface area contributed by atoms with E-state index in [1.165, 1.54) is 0 Å². The number of esters is 6. The van der Waals surface area contributed by atoms with E-state index in [9.17, 15) is 69.6 Å². The van der Waals surface area contributed by atoms with Gasteiger partial charge in [-0.15, -0.1) is 23.5 Å². The molecular weight excluding hydrogens is 985 g/mol. The molecule has 4 aliphatic rings. The summed E-state index contributed by atoms with van der Waals surface area (Å²) in [5, 5.41) is 82.1. The van der Waals surface area contributed by atoms with Crippen molar-refractivity contribution in [2.75, 3.05) is 37.9 Å². The lowest BCUT2D eigenvalue weighted by atomic mass is 9.97. The van der Waals surface area contributed by atoms with Crippen molar-refractivity contribution in [2.45, 2.75) is 163 Å². The Bertz CT molecular complexity index is 1780. The molecule has 4 heterocycles. The van der Waals surface area contributed by atoms with Crippen LogP contribution >= 0.6 is 23.5 Å². The Hall–Kier alpha value is -3.92. The fraction of sp³-hybridized carbons (Fsp3) is 0.762. The van der Waals surface area contributed by atoms with Crippen LogP contribution in [0.25, 0.3) is 0 Å². The van der Waals surface area contributed by atoms with Gasteiger partial charge in [-0.05, 0) is 11.8 Å². The number of aliphatic hydroxyl groups is 8. The second kappa shape index (κ2) is 27.8. The van der Waals surface area contributed by atoms with E-state index in [2.05, 4.69) is 23.7 Å². The Morgan fingerprint density at radius 2 is 0.757 bits per heavy atom. The van der Waals surface area contributed by atoms with Crippen LogP contribution in [0.15, 0.2) is 0 Å². The third-order valence-electron chi connectivity index (χ3n) is 10.5. The Morgan fingerprint density at radius 3 is 1.06 bits per heavy atom. The van der Waals surface area contributed by atoms with Crippen LogP contribution in [0.5, 0.6) is 0 Å². The van der Waals surface area contributed by atoms with Crippen molar-refractivity contribution >= 4 is 59.3 Å². The number of carbonyl (C=O) groups is 6. The lowest BCUT2D eigenvalue weighted by Gasteiger charge is -2.47. The van der Waals surface area contributed by atoms with Crippen LogP contribution in [0.1, 0.15) is 41.5 Å². The first-order valence-corrected chi connectivity index (χ1v) is 23.5. The first-order valence-electron chi connectivity index (χ1n) is 21.5. The maximum absolute atomic E-state index is 12.5. The molecule has 8 N–H and O–H groups in total. The quantitative estimate of drug-likeness (QED) is 0.0362. The minimum absolute atomic E-state index is 0.0758. The summed E-state index contributed by atoms with van der Waals surface area (Å²) in [5.74, 6) is 5.71. The van der Waals surface area contributed by atoms with Crippen LogP contribution in [0.2, 0.25) is 0 Å². The highest BCUT2D eigenvalue weighted by atomic mass is 32.2. The van der Waals surface area contributed by atoms with Crippen LogP contribution in [-0.2, 0) is 85.6 Å². The summed E-state index contributed by atoms with van der Waals surface area (Å²) < 4.78 is 67.8. The zero-order valence-electron chi connectivity index (χ0n) is 38.5. The number of carbonyl (C=O) groups excluding carboxylic acids is 6. The van der Waals surface area contributed by atoms with E-state index >= 15 is 0 Å². The standard InChI is InChI=1S/C42H58O26S2/c1-17(45)57-15-25-33(67-39-31(55)29(53)27(51)23(13-43)63-39)35(59-19(3)47)37(61-21(5)49)41(65-25)69-11-9-7-8-10-12-70-42-38(62-22(6)50)36(60-20(4)48)34(26(66-42)16-58-18(2)46)68-40-32(56)30(54)28(52)24(14-44)64-40/h23-44,51-56H,11-16H2,1-6H3/t23-,24-,25-,26-,27+,28+,29+,30+,31-,32-,33-,34-,35+,36+,37-,38-,39+,40+,41+,42+/m1/s1. The maximum atomic E-state index is 12.5. The van der Waals surface area contributed by atoms with Gasteiger partial charge in [0.15, 0.2) is 37.0 Å². The average molecular weight is 1040 g/mol. The summed E-state index contributed by atoms with van der Waals surface area (Å²) in [4.78, 5) is 73.5. The fourth-order valence-corrected chi connectivity index (χ4v) is 9.27. The molecule has 28 heteroatoms. The zero-order chi connectivity index (χ0) is 52.0. The highest BCUT2D eigenvalue weighted by molar-refractivity contribution is 8.00. The van der Waals surface area contributed by atoms with Gasteiger partial charge in [0, 0.05) is 41.5 Å². The Balaban J connectivity index is 1.53. The predicted octanol–water partition coefficient (Wildman–Crippen LogP) is -4.87. The van der Waals surface area contributed by atoms with E-state index in [4.69, 9.17) is 56.8 Å². The number of hydrogen-bond donors (Lipinski definition) is 8. The highest BCUT2D eigenvalue weighted by Crippen LogP contribution is 2.38. The molecule has 26 nitrogen and oxygen atoms in total. The SMILES string of the molecule is CC(=O)OC[C@H]1O[C@@H](SCC#CC#CCS[C@@H]2O[C@H](COC(C)=O)[C@@H](O[C@@H]3O[C@H](CO)[C@H](O)[C@H](O)[C@H]3O)[C@H](OC(C)=O)[C@H]2OC(C)=O)[C@H](OC(C)=O)[C@@H](OC(C)=O)[C@@H]1O[C@@H]1O[C@H](CO)[C@H](O)[C@H](O)[C@H]1O. The number of ether oxygens (including phenoxy) is 12. The van der Waals surface area contributed by atoms with Gasteiger partial charge in [0.2, 0.25) is 0 Å². The molecule has 0 aromatic carbocycles. The molecule has 394 valence electrons. The molecule has 0 aliphatic carbocycles. The molecule has 0 saturated carbocycles. The van der Waals surface area contributed by atoms with Gasteiger partial charge in [-0.2, -0.15) is 0 Å². The zero-order valence-corrected chi connectivity index (χ0v) is 40.2. The van der Waals surface area contributed by atoms with Crippen molar-refractivity contribution < 1.29 is 126 Å². The second-order valence-corrected chi connectivity index (χ2v) is 18.0. The van der Waals surface area contributed by atoms with E-state index < -0.39 is 183 Å².